The van der Waals surface area contributed by atoms with Gasteiger partial charge in [0.05, 0.1) is 10.4 Å². The summed E-state index contributed by atoms with van der Waals surface area (Å²) in [6.07, 6.45) is 0. The first-order chi connectivity index (χ1) is 14.3. The van der Waals surface area contributed by atoms with Crippen molar-refractivity contribution in [2.45, 2.75) is 51.0 Å². The third-order valence-corrected chi connectivity index (χ3v) is 7.13. The summed E-state index contributed by atoms with van der Waals surface area (Å²) in [6.45, 7) is 10.6. The van der Waals surface area contributed by atoms with Gasteiger partial charge in [0.15, 0.2) is 17.3 Å². The number of benzene rings is 1. The molecule has 7 nitrogen and oxygen atoms in total. The summed E-state index contributed by atoms with van der Waals surface area (Å²) in [5.74, 6) is -2.39. The normalized spacial score (nSPS) is 16.2. The van der Waals surface area contributed by atoms with Gasteiger partial charge in [0.2, 0.25) is 10.0 Å². The molecule has 31 heavy (non-hydrogen) atoms. The lowest BCUT2D eigenvalue weighted by Gasteiger charge is -2.33. The Morgan fingerprint density at radius 3 is 2.13 bits per heavy atom. The number of piperazine rings is 1. The van der Waals surface area contributed by atoms with Gasteiger partial charge in [0, 0.05) is 31.9 Å². The molecule has 170 valence electrons. The molecular formula is C21H28F2N4O3S. The maximum Gasteiger partial charge on any atom is 0.274 e. The van der Waals surface area contributed by atoms with Gasteiger partial charge >= 0.3 is 0 Å². The Bertz CT molecular complexity index is 1080. The zero-order valence-corrected chi connectivity index (χ0v) is 19.2. The summed E-state index contributed by atoms with van der Waals surface area (Å²) in [6, 6.07) is 4.30. The van der Waals surface area contributed by atoms with Gasteiger partial charge in [-0.1, -0.05) is 13.8 Å². The largest absolute Gasteiger partial charge is 0.335 e. The Morgan fingerprint density at radius 1 is 1.03 bits per heavy atom. The maximum atomic E-state index is 13.5. The fourth-order valence-electron chi connectivity index (χ4n) is 3.53. The van der Waals surface area contributed by atoms with Crippen molar-refractivity contribution in [3.05, 3.63) is 47.3 Å². The van der Waals surface area contributed by atoms with Crippen LogP contribution in [-0.4, -0.2) is 59.5 Å². The maximum absolute atomic E-state index is 13.5. The van der Waals surface area contributed by atoms with Crippen LogP contribution in [0.1, 0.15) is 56.7 Å². The van der Waals surface area contributed by atoms with Gasteiger partial charge in [0.25, 0.3) is 5.91 Å². The van der Waals surface area contributed by atoms with Gasteiger partial charge in [-0.25, -0.2) is 17.2 Å². The van der Waals surface area contributed by atoms with Crippen LogP contribution >= 0.6 is 0 Å². The molecule has 1 aliphatic rings. The molecule has 0 N–H and O–H groups in total. The smallest absolute Gasteiger partial charge is 0.274 e. The molecule has 3 rings (SSSR count). The number of sulfonamides is 1. The SMILES string of the molecule is CC(C)c1cc(C(=O)N2CCN(S(=O)(=O)c3ccc(F)c(F)c3)CC2)nn1C(C)(C)C. The van der Waals surface area contributed by atoms with Gasteiger partial charge < -0.3 is 4.90 Å². The van der Waals surface area contributed by atoms with Crippen LogP contribution in [0.15, 0.2) is 29.2 Å². The van der Waals surface area contributed by atoms with E-state index in [4.69, 9.17) is 0 Å². The number of carbonyl (C=O) groups is 1. The van der Waals surface area contributed by atoms with Crippen molar-refractivity contribution in [1.82, 2.24) is 19.0 Å². The lowest BCUT2D eigenvalue weighted by Crippen LogP contribution is -2.50. The highest BCUT2D eigenvalue weighted by molar-refractivity contribution is 7.89. The molecule has 0 saturated carbocycles. The lowest BCUT2D eigenvalue weighted by molar-refractivity contribution is 0.0690. The molecule has 0 bridgehead atoms. The quantitative estimate of drug-likeness (QED) is 0.711. The van der Waals surface area contributed by atoms with E-state index in [9.17, 15) is 22.0 Å². The molecule has 0 spiro atoms. The van der Waals surface area contributed by atoms with Crippen molar-refractivity contribution in [2.75, 3.05) is 26.2 Å². The van der Waals surface area contributed by atoms with Gasteiger partial charge in [-0.2, -0.15) is 9.40 Å². The van der Waals surface area contributed by atoms with Crippen LogP contribution in [0, 0.1) is 11.6 Å². The molecule has 1 amide bonds. The minimum atomic E-state index is -3.98. The van der Waals surface area contributed by atoms with Crippen molar-refractivity contribution in [2.24, 2.45) is 0 Å². The molecule has 0 aliphatic carbocycles. The lowest BCUT2D eigenvalue weighted by atomic mass is 10.1. The molecule has 0 radical (unpaired) electrons. The van der Waals surface area contributed by atoms with Crippen molar-refractivity contribution < 1.29 is 22.0 Å². The number of halogens is 2. The van der Waals surface area contributed by atoms with Gasteiger partial charge in [0.1, 0.15) is 0 Å². The van der Waals surface area contributed by atoms with Crippen molar-refractivity contribution in [3.63, 3.8) is 0 Å². The molecule has 10 heteroatoms. The van der Waals surface area contributed by atoms with E-state index in [-0.39, 0.29) is 48.4 Å². The Labute approximate surface area is 181 Å². The van der Waals surface area contributed by atoms with Crippen LogP contribution in [0.3, 0.4) is 0 Å². The molecule has 1 saturated heterocycles. The minimum Gasteiger partial charge on any atom is -0.335 e. The zero-order chi connectivity index (χ0) is 23.1. The summed E-state index contributed by atoms with van der Waals surface area (Å²) in [7, 11) is -3.98. The molecular weight excluding hydrogens is 426 g/mol. The summed E-state index contributed by atoms with van der Waals surface area (Å²) in [5.41, 5.74) is 1.00. The topological polar surface area (TPSA) is 75.5 Å². The van der Waals surface area contributed by atoms with Crippen LogP contribution in [0.4, 0.5) is 8.78 Å². The second-order valence-corrected chi connectivity index (χ2v) is 10.9. The number of hydrogen-bond donors (Lipinski definition) is 0. The third-order valence-electron chi connectivity index (χ3n) is 5.24. The van der Waals surface area contributed by atoms with E-state index in [1.54, 1.807) is 11.0 Å². The second kappa shape index (κ2) is 8.31. The van der Waals surface area contributed by atoms with Crippen LogP contribution in [0.5, 0.6) is 0 Å². The summed E-state index contributed by atoms with van der Waals surface area (Å²) in [4.78, 5) is 14.3. The Morgan fingerprint density at radius 2 is 1.65 bits per heavy atom. The average molecular weight is 455 g/mol. The highest BCUT2D eigenvalue weighted by Crippen LogP contribution is 2.25. The van der Waals surface area contributed by atoms with E-state index < -0.39 is 21.7 Å². The highest BCUT2D eigenvalue weighted by atomic mass is 32.2. The van der Waals surface area contributed by atoms with Crippen molar-refractivity contribution in [3.8, 4) is 0 Å². The van der Waals surface area contributed by atoms with E-state index >= 15 is 0 Å². The molecule has 1 aliphatic heterocycles. The predicted molar refractivity (Wildman–Crippen MR) is 112 cm³/mol. The summed E-state index contributed by atoms with van der Waals surface area (Å²) < 4.78 is 55.2. The number of carbonyl (C=O) groups excluding carboxylic acids is 1. The van der Waals surface area contributed by atoms with Crippen molar-refractivity contribution in [1.29, 1.82) is 0 Å². The molecule has 2 aromatic rings. The minimum absolute atomic E-state index is 0.0596. The first-order valence-electron chi connectivity index (χ1n) is 10.2. The average Bonchev–Trinajstić information content (AvgIpc) is 3.16. The highest BCUT2D eigenvalue weighted by Gasteiger charge is 2.32. The summed E-state index contributed by atoms with van der Waals surface area (Å²) >= 11 is 0. The molecule has 2 heterocycles. The number of hydrogen-bond acceptors (Lipinski definition) is 4. The number of nitrogens with zero attached hydrogens (tertiary/aromatic N) is 4. The zero-order valence-electron chi connectivity index (χ0n) is 18.4. The van der Waals surface area contributed by atoms with Crippen LogP contribution in [0.25, 0.3) is 0 Å². The van der Waals surface area contributed by atoms with Gasteiger partial charge in [-0.3, -0.25) is 9.48 Å². The fourth-order valence-corrected chi connectivity index (χ4v) is 4.96. The molecule has 1 fully saturated rings. The second-order valence-electron chi connectivity index (χ2n) is 8.96. The fraction of sp³-hybridized carbons (Fsp3) is 0.524. The Balaban J connectivity index is 1.75. The van der Waals surface area contributed by atoms with E-state index in [1.165, 1.54) is 4.31 Å². The Kier molecular flexibility index (Phi) is 6.25. The van der Waals surface area contributed by atoms with Crippen molar-refractivity contribution >= 4 is 15.9 Å². The Hall–Kier alpha value is -2.33. The molecule has 1 aromatic heterocycles. The molecule has 1 aromatic carbocycles. The van der Waals surface area contributed by atoms with Crippen LogP contribution < -0.4 is 0 Å². The van der Waals surface area contributed by atoms with E-state index in [0.29, 0.717) is 11.8 Å². The van der Waals surface area contributed by atoms with E-state index in [1.807, 2.05) is 39.3 Å². The van der Waals surface area contributed by atoms with Crippen LogP contribution in [0.2, 0.25) is 0 Å². The first-order valence-corrected chi connectivity index (χ1v) is 11.6. The van der Waals surface area contributed by atoms with Gasteiger partial charge in [-0.15, -0.1) is 0 Å². The van der Waals surface area contributed by atoms with E-state index in [0.717, 1.165) is 17.8 Å². The predicted octanol–water partition coefficient (Wildman–Crippen LogP) is 3.19. The summed E-state index contributed by atoms with van der Waals surface area (Å²) in [5, 5.41) is 4.53. The third kappa shape index (κ3) is 4.64. The monoisotopic (exact) mass is 454 g/mol. The number of aromatic nitrogens is 2. The number of rotatable bonds is 4. The van der Waals surface area contributed by atoms with Crippen LogP contribution in [-0.2, 0) is 15.6 Å². The standard InChI is InChI=1S/C21H28F2N4O3S/c1-14(2)19-13-18(24-27(19)21(3,4)5)20(28)25-8-10-26(11-9-25)31(29,30)15-6-7-16(22)17(23)12-15/h6-7,12-14H,8-11H2,1-5H3. The van der Waals surface area contributed by atoms with E-state index in [2.05, 4.69) is 5.10 Å². The number of amides is 1. The molecule has 0 unspecified atom stereocenters. The molecule has 0 atom stereocenters. The van der Waals surface area contributed by atoms with Gasteiger partial charge in [-0.05, 0) is 51.0 Å². The first kappa shape index (κ1) is 23.3.